The van der Waals surface area contributed by atoms with Crippen LogP contribution in [-0.2, 0) is 10.2 Å². The summed E-state index contributed by atoms with van der Waals surface area (Å²) in [5, 5.41) is 0. The van der Waals surface area contributed by atoms with Crippen molar-refractivity contribution in [3.63, 3.8) is 0 Å². The summed E-state index contributed by atoms with van der Waals surface area (Å²) >= 11 is 0. The molecule has 1 aromatic heterocycles. The quantitative estimate of drug-likeness (QED) is 0.898. The van der Waals surface area contributed by atoms with Crippen molar-refractivity contribution in [3.05, 3.63) is 41.7 Å². The fourth-order valence-electron chi connectivity index (χ4n) is 2.36. The zero-order valence-corrected chi connectivity index (χ0v) is 13.0. The molecule has 1 aromatic carbocycles. The van der Waals surface area contributed by atoms with E-state index in [-0.39, 0.29) is 18.2 Å². The van der Waals surface area contributed by atoms with Gasteiger partial charge in [0.15, 0.2) is 17.3 Å². The van der Waals surface area contributed by atoms with Gasteiger partial charge in [-0.25, -0.2) is 14.3 Å². The first kappa shape index (κ1) is 14.5. The molecule has 3 rings (SSSR count). The van der Waals surface area contributed by atoms with Crippen molar-refractivity contribution in [1.82, 2.24) is 9.97 Å². The van der Waals surface area contributed by atoms with Gasteiger partial charge in [0.2, 0.25) is 0 Å². The summed E-state index contributed by atoms with van der Waals surface area (Å²) in [6.07, 6.45) is 0. The van der Waals surface area contributed by atoms with Gasteiger partial charge in [-0.1, -0.05) is 30.3 Å². The van der Waals surface area contributed by atoms with Crippen LogP contribution in [0.25, 0.3) is 11.3 Å². The van der Waals surface area contributed by atoms with E-state index in [0.29, 0.717) is 17.1 Å². The molecule has 8 heteroatoms. The minimum atomic E-state index is -3.84. The second kappa shape index (κ2) is 5.06. The second-order valence-electron chi connectivity index (χ2n) is 4.81. The molecule has 1 aliphatic rings. The highest BCUT2D eigenvalue weighted by Crippen LogP contribution is 2.29. The number of nitrogens with two attached hydrogens (primary N) is 1. The number of anilines is 1. The van der Waals surface area contributed by atoms with E-state index in [1.807, 2.05) is 30.3 Å². The number of aryl methyl sites for hydroxylation is 1. The SMILES string of the molecule is CCN1c2nc(C)c(-c3ccccc3)nc2C(N)=NS1(=O)=O. The number of amidine groups is 1. The topological polar surface area (TPSA) is 102 Å². The Labute approximate surface area is 128 Å². The van der Waals surface area contributed by atoms with E-state index in [0.717, 1.165) is 9.87 Å². The van der Waals surface area contributed by atoms with Gasteiger partial charge in [0, 0.05) is 12.1 Å². The van der Waals surface area contributed by atoms with Crippen LogP contribution in [0.5, 0.6) is 0 Å². The molecule has 0 spiro atoms. The Morgan fingerprint density at radius 1 is 1.14 bits per heavy atom. The lowest BCUT2D eigenvalue weighted by atomic mass is 10.1. The van der Waals surface area contributed by atoms with Crippen molar-refractivity contribution >= 4 is 21.9 Å². The Balaban J connectivity index is 2.26. The molecule has 2 heterocycles. The maximum absolute atomic E-state index is 12.0. The van der Waals surface area contributed by atoms with Crippen molar-refractivity contribution in [3.8, 4) is 11.3 Å². The average Bonchev–Trinajstić information content (AvgIpc) is 2.47. The molecule has 2 N–H and O–H groups in total. The first-order chi connectivity index (χ1) is 10.4. The number of aromatic nitrogens is 2. The molecule has 0 unspecified atom stereocenters. The lowest BCUT2D eigenvalue weighted by molar-refractivity contribution is 0.592. The van der Waals surface area contributed by atoms with E-state index < -0.39 is 10.2 Å². The van der Waals surface area contributed by atoms with Crippen LogP contribution in [0, 0.1) is 6.92 Å². The third kappa shape index (κ3) is 2.21. The molecular formula is C14H15N5O2S. The second-order valence-corrected chi connectivity index (χ2v) is 6.33. The van der Waals surface area contributed by atoms with Crippen LogP contribution in [0.2, 0.25) is 0 Å². The van der Waals surface area contributed by atoms with Crippen molar-refractivity contribution in [2.24, 2.45) is 10.1 Å². The molecular weight excluding hydrogens is 302 g/mol. The fraction of sp³-hybridized carbons (Fsp3) is 0.214. The van der Waals surface area contributed by atoms with Gasteiger partial charge >= 0.3 is 10.2 Å². The number of rotatable bonds is 2. The first-order valence-corrected chi connectivity index (χ1v) is 8.16. The Hall–Kier alpha value is -2.48. The largest absolute Gasteiger partial charge is 0.381 e. The molecule has 0 aliphatic carbocycles. The molecule has 2 aromatic rings. The minimum Gasteiger partial charge on any atom is -0.381 e. The Kier molecular flexibility index (Phi) is 3.32. The van der Waals surface area contributed by atoms with Gasteiger partial charge in [-0.15, -0.1) is 4.40 Å². The highest BCUT2D eigenvalue weighted by Gasteiger charge is 2.32. The van der Waals surface area contributed by atoms with Gasteiger partial charge in [0.05, 0.1) is 11.4 Å². The predicted molar refractivity (Wildman–Crippen MR) is 84.9 cm³/mol. The number of hydrogen-bond donors (Lipinski definition) is 1. The van der Waals surface area contributed by atoms with Crippen molar-refractivity contribution in [1.29, 1.82) is 0 Å². The van der Waals surface area contributed by atoms with Gasteiger partial charge < -0.3 is 5.73 Å². The van der Waals surface area contributed by atoms with Gasteiger partial charge in [-0.2, -0.15) is 8.42 Å². The molecule has 0 bridgehead atoms. The van der Waals surface area contributed by atoms with E-state index in [4.69, 9.17) is 5.73 Å². The van der Waals surface area contributed by atoms with Gasteiger partial charge in [-0.3, -0.25) is 0 Å². The highest BCUT2D eigenvalue weighted by molar-refractivity contribution is 7.91. The molecule has 114 valence electrons. The van der Waals surface area contributed by atoms with Gasteiger partial charge in [0.25, 0.3) is 0 Å². The summed E-state index contributed by atoms with van der Waals surface area (Å²) in [6, 6.07) is 9.53. The monoisotopic (exact) mass is 317 g/mol. The van der Waals surface area contributed by atoms with E-state index >= 15 is 0 Å². The molecule has 0 amide bonds. The first-order valence-electron chi connectivity index (χ1n) is 6.76. The van der Waals surface area contributed by atoms with Crippen LogP contribution >= 0.6 is 0 Å². The summed E-state index contributed by atoms with van der Waals surface area (Å²) in [6.45, 7) is 3.71. The van der Waals surface area contributed by atoms with E-state index in [9.17, 15) is 8.42 Å². The van der Waals surface area contributed by atoms with Crippen molar-refractivity contribution in [2.45, 2.75) is 13.8 Å². The Morgan fingerprint density at radius 2 is 1.82 bits per heavy atom. The fourth-order valence-corrected chi connectivity index (χ4v) is 3.47. The smallest absolute Gasteiger partial charge is 0.347 e. The van der Waals surface area contributed by atoms with Crippen LogP contribution in [0.3, 0.4) is 0 Å². The molecule has 0 fully saturated rings. The Bertz CT molecular complexity index is 862. The van der Waals surface area contributed by atoms with Crippen molar-refractivity contribution in [2.75, 3.05) is 10.8 Å². The third-order valence-corrected chi connectivity index (χ3v) is 4.77. The van der Waals surface area contributed by atoms with E-state index in [1.54, 1.807) is 13.8 Å². The van der Waals surface area contributed by atoms with Crippen LogP contribution in [0.1, 0.15) is 18.3 Å². The molecule has 22 heavy (non-hydrogen) atoms. The predicted octanol–water partition coefficient (Wildman–Crippen LogP) is 1.24. The molecule has 0 saturated carbocycles. The van der Waals surface area contributed by atoms with Crippen LogP contribution in [0.15, 0.2) is 34.7 Å². The van der Waals surface area contributed by atoms with Crippen LogP contribution in [-0.4, -0.2) is 30.8 Å². The zero-order valence-electron chi connectivity index (χ0n) is 12.2. The van der Waals surface area contributed by atoms with Crippen LogP contribution in [0.4, 0.5) is 5.82 Å². The summed E-state index contributed by atoms with van der Waals surface area (Å²) in [7, 11) is -3.84. The van der Waals surface area contributed by atoms with E-state index in [2.05, 4.69) is 14.4 Å². The third-order valence-electron chi connectivity index (χ3n) is 3.36. The molecule has 7 nitrogen and oxygen atoms in total. The lowest BCUT2D eigenvalue weighted by Crippen LogP contribution is -2.38. The lowest BCUT2D eigenvalue weighted by Gasteiger charge is -2.25. The summed E-state index contributed by atoms with van der Waals surface area (Å²) in [4.78, 5) is 8.92. The summed E-state index contributed by atoms with van der Waals surface area (Å²) < 4.78 is 28.8. The molecule has 0 saturated heterocycles. The number of benzene rings is 1. The summed E-state index contributed by atoms with van der Waals surface area (Å²) in [5.41, 5.74) is 8.25. The standard InChI is InChI=1S/C14H15N5O2S/c1-3-19-14-12(13(15)18-22(19,20)21)17-11(9(2)16-14)10-7-5-4-6-8-10/h4-8H,3H2,1-2H3,(H2,15,18). The maximum atomic E-state index is 12.0. The maximum Gasteiger partial charge on any atom is 0.347 e. The van der Waals surface area contributed by atoms with Gasteiger partial charge in [-0.05, 0) is 13.8 Å². The Morgan fingerprint density at radius 3 is 2.45 bits per heavy atom. The van der Waals surface area contributed by atoms with Crippen molar-refractivity contribution < 1.29 is 8.42 Å². The highest BCUT2D eigenvalue weighted by atomic mass is 32.2. The van der Waals surface area contributed by atoms with Gasteiger partial charge in [0.1, 0.15) is 0 Å². The minimum absolute atomic E-state index is 0.135. The molecule has 0 atom stereocenters. The molecule has 0 radical (unpaired) electrons. The van der Waals surface area contributed by atoms with Crippen LogP contribution < -0.4 is 10.0 Å². The summed E-state index contributed by atoms with van der Waals surface area (Å²) in [5.74, 6) is 0.0940. The molecule has 1 aliphatic heterocycles. The average molecular weight is 317 g/mol. The van der Waals surface area contributed by atoms with E-state index in [1.165, 1.54) is 0 Å². The number of fused-ring (bicyclic) bond motifs is 1. The number of hydrogen-bond acceptors (Lipinski definition) is 5. The normalized spacial score (nSPS) is 16.1. The zero-order chi connectivity index (χ0) is 15.9. The number of nitrogens with zero attached hydrogens (tertiary/aromatic N) is 4.